The van der Waals surface area contributed by atoms with Crippen LogP contribution in [0.1, 0.15) is 56.7 Å². The summed E-state index contributed by atoms with van der Waals surface area (Å²) < 4.78 is 5.28. The number of nitrogens with one attached hydrogen (secondary N) is 1. The maximum atomic E-state index is 12.5. The third kappa shape index (κ3) is 5.29. The van der Waals surface area contributed by atoms with Crippen LogP contribution in [-0.4, -0.2) is 16.0 Å². The Morgan fingerprint density at radius 3 is 2.61 bits per heavy atom. The van der Waals surface area contributed by atoms with Gasteiger partial charge in [0.15, 0.2) is 0 Å². The highest BCUT2D eigenvalue weighted by molar-refractivity contribution is 7.08. The summed E-state index contributed by atoms with van der Waals surface area (Å²) in [5.41, 5.74) is 3.41. The van der Waals surface area contributed by atoms with Crippen molar-refractivity contribution in [3.63, 3.8) is 0 Å². The van der Waals surface area contributed by atoms with Crippen molar-refractivity contribution < 1.29 is 9.32 Å². The van der Waals surface area contributed by atoms with E-state index < -0.39 is 0 Å². The highest BCUT2D eigenvalue weighted by Crippen LogP contribution is 2.23. The van der Waals surface area contributed by atoms with Gasteiger partial charge in [-0.25, -0.2) is 0 Å². The largest absolute Gasteiger partial charge is 0.349 e. The predicted octanol–water partition coefficient (Wildman–Crippen LogP) is 5.20. The van der Waals surface area contributed by atoms with E-state index in [4.69, 9.17) is 4.52 Å². The first-order valence-corrected chi connectivity index (χ1v) is 10.7. The molecular formula is C22H27N3O2S. The quantitative estimate of drug-likeness (QED) is 0.539. The molecule has 28 heavy (non-hydrogen) atoms. The van der Waals surface area contributed by atoms with Gasteiger partial charge >= 0.3 is 0 Å². The lowest BCUT2D eigenvalue weighted by Gasteiger charge is -2.23. The fourth-order valence-electron chi connectivity index (χ4n) is 3.15. The molecule has 0 saturated heterocycles. The number of hydrogen-bond acceptors (Lipinski definition) is 5. The molecule has 0 aliphatic rings. The summed E-state index contributed by atoms with van der Waals surface area (Å²) in [4.78, 5) is 16.9. The second-order valence-corrected chi connectivity index (χ2v) is 8.08. The van der Waals surface area contributed by atoms with Gasteiger partial charge in [0.2, 0.25) is 17.6 Å². The number of rotatable bonds is 9. The number of benzene rings is 1. The molecule has 1 atom stereocenters. The number of aromatic nitrogens is 2. The highest BCUT2D eigenvalue weighted by atomic mass is 32.1. The first-order valence-electron chi connectivity index (χ1n) is 9.80. The van der Waals surface area contributed by atoms with Gasteiger partial charge in [-0.1, -0.05) is 56.6 Å². The summed E-state index contributed by atoms with van der Waals surface area (Å²) in [6, 6.07) is 10.5. The van der Waals surface area contributed by atoms with Crippen molar-refractivity contribution in [2.24, 2.45) is 5.92 Å². The van der Waals surface area contributed by atoms with Gasteiger partial charge in [-0.15, -0.1) is 0 Å². The van der Waals surface area contributed by atoms with E-state index in [0.717, 1.165) is 24.0 Å². The average Bonchev–Trinajstić information content (AvgIpc) is 3.37. The lowest BCUT2D eigenvalue weighted by Crippen LogP contribution is -2.31. The molecule has 3 rings (SSSR count). The molecule has 0 fully saturated rings. The van der Waals surface area contributed by atoms with Crippen molar-refractivity contribution in [3.05, 3.63) is 58.1 Å². The third-order valence-electron chi connectivity index (χ3n) is 4.67. The summed E-state index contributed by atoms with van der Waals surface area (Å²) in [6.07, 6.45) is 2.97. The van der Waals surface area contributed by atoms with Gasteiger partial charge in [-0.2, -0.15) is 16.3 Å². The van der Waals surface area contributed by atoms with Crippen molar-refractivity contribution in [1.82, 2.24) is 15.5 Å². The number of carbonyl (C=O) groups is 1. The van der Waals surface area contributed by atoms with Crippen molar-refractivity contribution in [2.75, 3.05) is 0 Å². The fraction of sp³-hybridized carbons (Fsp3) is 0.409. The molecule has 1 N–H and O–H groups in total. The van der Waals surface area contributed by atoms with Crippen LogP contribution in [0.25, 0.3) is 11.4 Å². The van der Waals surface area contributed by atoms with Gasteiger partial charge in [-0.3, -0.25) is 4.79 Å². The van der Waals surface area contributed by atoms with E-state index in [1.807, 2.05) is 16.8 Å². The number of nitrogens with zero attached hydrogens (tertiary/aromatic N) is 2. The molecular weight excluding hydrogens is 370 g/mol. The van der Waals surface area contributed by atoms with Crippen LogP contribution in [0.3, 0.4) is 0 Å². The Labute approximate surface area is 170 Å². The van der Waals surface area contributed by atoms with Crippen LogP contribution in [0.5, 0.6) is 0 Å². The zero-order valence-electron chi connectivity index (χ0n) is 16.6. The van der Waals surface area contributed by atoms with Crippen molar-refractivity contribution in [2.45, 2.75) is 52.5 Å². The molecule has 0 bridgehead atoms. The van der Waals surface area contributed by atoms with E-state index in [0.29, 0.717) is 30.5 Å². The summed E-state index contributed by atoms with van der Waals surface area (Å²) in [5.74, 6) is 1.35. The minimum atomic E-state index is -0.00776. The van der Waals surface area contributed by atoms with Crippen LogP contribution >= 0.6 is 11.3 Å². The van der Waals surface area contributed by atoms with Gasteiger partial charge < -0.3 is 9.84 Å². The third-order valence-corrected chi connectivity index (χ3v) is 5.36. The highest BCUT2D eigenvalue weighted by Gasteiger charge is 2.19. The molecule has 1 aromatic carbocycles. The van der Waals surface area contributed by atoms with Crippen molar-refractivity contribution in [1.29, 1.82) is 0 Å². The van der Waals surface area contributed by atoms with E-state index in [-0.39, 0.29) is 11.9 Å². The average molecular weight is 398 g/mol. The molecule has 1 unspecified atom stereocenters. The van der Waals surface area contributed by atoms with Gasteiger partial charge in [0.25, 0.3) is 0 Å². The Kier molecular flexibility index (Phi) is 6.98. The number of aryl methyl sites for hydroxylation is 2. The predicted molar refractivity (Wildman–Crippen MR) is 112 cm³/mol. The number of carbonyl (C=O) groups excluding carboxylic acids is 1. The summed E-state index contributed by atoms with van der Waals surface area (Å²) >= 11 is 1.59. The lowest BCUT2D eigenvalue weighted by molar-refractivity contribution is -0.122. The minimum Gasteiger partial charge on any atom is -0.349 e. The minimum absolute atomic E-state index is 0.00720. The molecule has 2 heterocycles. The van der Waals surface area contributed by atoms with Crippen LogP contribution in [-0.2, 0) is 17.6 Å². The maximum Gasteiger partial charge on any atom is 0.227 e. The van der Waals surface area contributed by atoms with Crippen LogP contribution in [0.4, 0.5) is 0 Å². The molecule has 3 aromatic rings. The fourth-order valence-corrected chi connectivity index (χ4v) is 3.78. The zero-order chi connectivity index (χ0) is 19.9. The molecule has 1 amide bonds. The number of hydrogen-bond donors (Lipinski definition) is 1. The monoisotopic (exact) mass is 397 g/mol. The maximum absolute atomic E-state index is 12.5. The second kappa shape index (κ2) is 9.64. The van der Waals surface area contributed by atoms with Gasteiger partial charge in [0, 0.05) is 23.8 Å². The standard InChI is InChI=1S/C22H27N3O2S/c1-4-5-16-6-8-17(9-7-16)21(15(2)3)23-19(26)10-11-20-24-22(25-27-20)18-12-13-28-14-18/h6-9,12-15,21H,4-5,10-11H2,1-3H3,(H,23,26). The van der Waals surface area contributed by atoms with Gasteiger partial charge in [-0.05, 0) is 34.9 Å². The van der Waals surface area contributed by atoms with Crippen molar-refractivity contribution in [3.8, 4) is 11.4 Å². The Hall–Kier alpha value is -2.47. The van der Waals surface area contributed by atoms with Crippen LogP contribution in [0.15, 0.2) is 45.6 Å². The summed E-state index contributed by atoms with van der Waals surface area (Å²) in [7, 11) is 0. The second-order valence-electron chi connectivity index (χ2n) is 7.30. The van der Waals surface area contributed by atoms with Crippen LogP contribution < -0.4 is 5.32 Å². The molecule has 0 radical (unpaired) electrons. The lowest BCUT2D eigenvalue weighted by atomic mass is 9.94. The molecule has 0 aliphatic carbocycles. The Balaban J connectivity index is 1.57. The van der Waals surface area contributed by atoms with E-state index in [1.54, 1.807) is 11.3 Å². The number of amides is 1. The Bertz CT molecular complexity index is 870. The van der Waals surface area contributed by atoms with Crippen molar-refractivity contribution >= 4 is 17.2 Å². The van der Waals surface area contributed by atoms with Gasteiger partial charge in [0.1, 0.15) is 0 Å². The van der Waals surface area contributed by atoms with Crippen LogP contribution in [0.2, 0.25) is 0 Å². The first kappa shape index (κ1) is 20.3. The SMILES string of the molecule is CCCc1ccc(C(NC(=O)CCc2nc(-c3ccsc3)no2)C(C)C)cc1. The Morgan fingerprint density at radius 1 is 1.18 bits per heavy atom. The van der Waals surface area contributed by atoms with Gasteiger partial charge in [0.05, 0.1) is 6.04 Å². The first-order chi connectivity index (χ1) is 13.6. The summed E-state index contributed by atoms with van der Waals surface area (Å²) in [5, 5.41) is 11.1. The topological polar surface area (TPSA) is 68.0 Å². The molecule has 2 aromatic heterocycles. The van der Waals surface area contributed by atoms with E-state index in [2.05, 4.69) is 60.5 Å². The molecule has 0 spiro atoms. The molecule has 6 heteroatoms. The molecule has 0 aliphatic heterocycles. The number of thiophene rings is 1. The summed E-state index contributed by atoms with van der Waals surface area (Å²) in [6.45, 7) is 6.42. The van der Waals surface area contributed by atoms with E-state index in [9.17, 15) is 4.79 Å². The molecule has 5 nitrogen and oxygen atoms in total. The van der Waals surface area contributed by atoms with E-state index >= 15 is 0 Å². The van der Waals surface area contributed by atoms with E-state index in [1.165, 1.54) is 5.56 Å². The molecule has 148 valence electrons. The smallest absolute Gasteiger partial charge is 0.227 e. The van der Waals surface area contributed by atoms with Crippen LogP contribution in [0, 0.1) is 5.92 Å². The Morgan fingerprint density at radius 2 is 1.96 bits per heavy atom. The normalized spacial score (nSPS) is 12.3. The zero-order valence-corrected chi connectivity index (χ0v) is 17.5. The molecule has 0 saturated carbocycles.